The maximum Gasteiger partial charge on any atom is 0.165 e. The van der Waals surface area contributed by atoms with Gasteiger partial charge in [-0.3, -0.25) is 10.00 Å². The quantitative estimate of drug-likeness (QED) is 0.646. The molecule has 1 N–H and O–H groups in total. The minimum absolute atomic E-state index is 0.212. The minimum Gasteiger partial charge on any atom is -0.490 e. The summed E-state index contributed by atoms with van der Waals surface area (Å²) in [4.78, 5) is 2.38. The van der Waals surface area contributed by atoms with E-state index in [1.807, 2.05) is 12.1 Å². The van der Waals surface area contributed by atoms with Crippen LogP contribution in [0.2, 0.25) is 0 Å². The van der Waals surface area contributed by atoms with E-state index < -0.39 is 0 Å². The van der Waals surface area contributed by atoms with Gasteiger partial charge in [0.15, 0.2) is 11.6 Å². The number of nitrogens with one attached hydrogen (secondary N) is 1. The van der Waals surface area contributed by atoms with Gasteiger partial charge >= 0.3 is 0 Å². The lowest BCUT2D eigenvalue weighted by molar-refractivity contribution is 0.244. The van der Waals surface area contributed by atoms with Gasteiger partial charge in [0.05, 0.1) is 18.3 Å². The Bertz CT molecular complexity index is 910. The third-order valence-electron chi connectivity index (χ3n) is 5.12. The molecule has 0 aliphatic carbocycles. The molecule has 28 heavy (non-hydrogen) atoms. The van der Waals surface area contributed by atoms with Crippen LogP contribution in [0.15, 0.2) is 54.6 Å². The summed E-state index contributed by atoms with van der Waals surface area (Å²) in [5.41, 5.74) is 3.09. The van der Waals surface area contributed by atoms with Crippen molar-refractivity contribution in [2.75, 3.05) is 13.2 Å². The number of rotatable bonds is 7. The molecule has 4 rings (SSSR count). The lowest BCUT2D eigenvalue weighted by atomic mass is 10.1. The highest BCUT2D eigenvalue weighted by atomic mass is 19.1. The van der Waals surface area contributed by atoms with Gasteiger partial charge in [-0.05, 0) is 55.3 Å². The van der Waals surface area contributed by atoms with Crippen LogP contribution in [-0.4, -0.2) is 28.2 Å². The van der Waals surface area contributed by atoms with Crippen molar-refractivity contribution in [3.63, 3.8) is 0 Å². The molecule has 0 amide bonds. The van der Waals surface area contributed by atoms with E-state index in [9.17, 15) is 8.78 Å². The van der Waals surface area contributed by atoms with E-state index in [1.165, 1.54) is 18.2 Å². The molecule has 1 fully saturated rings. The Morgan fingerprint density at radius 2 is 1.93 bits per heavy atom. The molecule has 0 radical (unpaired) electrons. The Hall–Kier alpha value is -2.73. The number of hydrogen-bond donors (Lipinski definition) is 1. The normalized spacial score (nSPS) is 17.1. The lowest BCUT2D eigenvalue weighted by Gasteiger charge is -2.23. The maximum atomic E-state index is 13.6. The highest BCUT2D eigenvalue weighted by Gasteiger charge is 2.28. The first-order valence-electron chi connectivity index (χ1n) is 9.59. The number of aromatic amines is 1. The lowest BCUT2D eigenvalue weighted by Crippen LogP contribution is -2.23. The summed E-state index contributed by atoms with van der Waals surface area (Å²) in [7, 11) is 0. The van der Waals surface area contributed by atoms with Crippen LogP contribution in [0.1, 0.15) is 35.8 Å². The van der Waals surface area contributed by atoms with E-state index >= 15 is 0 Å². The zero-order valence-corrected chi connectivity index (χ0v) is 15.6. The molecule has 0 spiro atoms. The first kappa shape index (κ1) is 18.6. The Labute approximate surface area is 163 Å². The van der Waals surface area contributed by atoms with Crippen LogP contribution in [0.25, 0.3) is 0 Å². The fourth-order valence-electron chi connectivity index (χ4n) is 3.69. The SMILES string of the molecule is Fc1ccc(CN2CCCC2c2cc(CCOc3ccccc3F)[nH]n2)cc1. The Morgan fingerprint density at radius 1 is 1.11 bits per heavy atom. The number of H-pyrrole nitrogens is 1. The van der Waals surface area contributed by atoms with E-state index in [4.69, 9.17) is 4.74 Å². The van der Waals surface area contributed by atoms with Crippen LogP contribution in [0.5, 0.6) is 5.75 Å². The molecular formula is C22H23F2N3O. The van der Waals surface area contributed by atoms with Gasteiger partial charge in [-0.2, -0.15) is 5.10 Å². The van der Waals surface area contributed by atoms with Gasteiger partial charge in [-0.25, -0.2) is 8.78 Å². The fourth-order valence-corrected chi connectivity index (χ4v) is 3.69. The van der Waals surface area contributed by atoms with E-state index in [1.54, 1.807) is 18.2 Å². The third-order valence-corrected chi connectivity index (χ3v) is 5.12. The molecule has 146 valence electrons. The second-order valence-corrected chi connectivity index (χ2v) is 7.10. The number of hydrogen-bond acceptors (Lipinski definition) is 3. The molecule has 1 unspecified atom stereocenters. The second-order valence-electron chi connectivity index (χ2n) is 7.10. The van der Waals surface area contributed by atoms with Crippen molar-refractivity contribution in [1.29, 1.82) is 0 Å². The molecule has 4 nitrogen and oxygen atoms in total. The molecule has 6 heteroatoms. The maximum absolute atomic E-state index is 13.6. The zero-order chi connectivity index (χ0) is 19.3. The van der Waals surface area contributed by atoms with Gasteiger partial charge in [0.25, 0.3) is 0 Å². The van der Waals surface area contributed by atoms with Crippen molar-refractivity contribution >= 4 is 0 Å². The van der Waals surface area contributed by atoms with Crippen LogP contribution in [0, 0.1) is 11.6 Å². The summed E-state index contributed by atoms with van der Waals surface area (Å²) in [6.45, 7) is 2.16. The molecule has 3 aromatic rings. The van der Waals surface area contributed by atoms with Crippen LogP contribution in [0.3, 0.4) is 0 Å². The summed E-state index contributed by atoms with van der Waals surface area (Å²) < 4.78 is 32.2. The molecule has 0 bridgehead atoms. The number of nitrogens with zero attached hydrogens (tertiary/aromatic N) is 2. The first-order valence-corrected chi connectivity index (χ1v) is 9.59. The van der Waals surface area contributed by atoms with Gasteiger partial charge < -0.3 is 4.74 Å². The average molecular weight is 383 g/mol. The second kappa shape index (κ2) is 8.52. The van der Waals surface area contributed by atoms with Crippen molar-refractivity contribution in [3.8, 4) is 5.75 Å². The number of ether oxygens (including phenoxy) is 1. The molecule has 2 aromatic carbocycles. The molecule has 1 atom stereocenters. The summed E-state index contributed by atoms with van der Waals surface area (Å²) >= 11 is 0. The van der Waals surface area contributed by atoms with Crippen molar-refractivity contribution in [2.24, 2.45) is 0 Å². The average Bonchev–Trinajstić information content (AvgIpc) is 3.34. The number of likely N-dealkylation sites (tertiary alicyclic amines) is 1. The predicted octanol–water partition coefficient (Wildman–Crippen LogP) is 4.65. The van der Waals surface area contributed by atoms with Gasteiger partial charge in [0, 0.05) is 18.7 Å². The summed E-state index contributed by atoms with van der Waals surface area (Å²) in [6.07, 6.45) is 2.80. The van der Waals surface area contributed by atoms with Gasteiger partial charge in [-0.15, -0.1) is 0 Å². The van der Waals surface area contributed by atoms with Crippen molar-refractivity contribution < 1.29 is 13.5 Å². The zero-order valence-electron chi connectivity index (χ0n) is 15.6. The van der Waals surface area contributed by atoms with Gasteiger partial charge in [0.2, 0.25) is 0 Å². The third kappa shape index (κ3) is 4.39. The van der Waals surface area contributed by atoms with E-state index in [-0.39, 0.29) is 23.4 Å². The van der Waals surface area contributed by atoms with Gasteiger partial charge in [-0.1, -0.05) is 24.3 Å². The molecule has 0 saturated carbocycles. The van der Waals surface area contributed by atoms with Crippen LogP contribution >= 0.6 is 0 Å². The van der Waals surface area contributed by atoms with Crippen molar-refractivity contribution in [1.82, 2.24) is 15.1 Å². The Morgan fingerprint density at radius 3 is 2.75 bits per heavy atom. The largest absolute Gasteiger partial charge is 0.490 e. The standard InChI is InChI=1S/C22H23F2N3O/c23-17-9-7-16(8-10-17)15-27-12-3-5-21(27)20-14-18(25-26-20)11-13-28-22-6-2-1-4-19(22)24/h1-2,4,6-10,14,21H,3,5,11-13,15H2,(H,25,26). The summed E-state index contributed by atoms with van der Waals surface area (Å²) in [5.74, 6) is -0.296. The van der Waals surface area contributed by atoms with E-state index in [0.717, 1.165) is 42.9 Å². The first-order chi connectivity index (χ1) is 13.7. The number of para-hydroxylation sites is 1. The van der Waals surface area contributed by atoms with Gasteiger partial charge in [0.1, 0.15) is 5.82 Å². The Kier molecular flexibility index (Phi) is 5.67. The van der Waals surface area contributed by atoms with Crippen molar-refractivity contribution in [3.05, 3.63) is 83.2 Å². The number of benzene rings is 2. The van der Waals surface area contributed by atoms with Crippen LogP contribution < -0.4 is 4.74 Å². The molecule has 1 aliphatic heterocycles. The molecule has 2 heterocycles. The molecule has 1 aromatic heterocycles. The molecular weight excluding hydrogens is 360 g/mol. The molecule has 1 aliphatic rings. The molecule has 1 saturated heterocycles. The minimum atomic E-state index is -0.352. The summed E-state index contributed by atoms with van der Waals surface area (Å²) in [5, 5.41) is 7.57. The number of aromatic nitrogens is 2. The Balaban J connectivity index is 1.35. The van der Waals surface area contributed by atoms with Crippen LogP contribution in [-0.2, 0) is 13.0 Å². The fraction of sp³-hybridized carbons (Fsp3) is 0.318. The number of halogens is 2. The van der Waals surface area contributed by atoms with E-state index in [0.29, 0.717) is 13.0 Å². The predicted molar refractivity (Wildman–Crippen MR) is 103 cm³/mol. The van der Waals surface area contributed by atoms with Crippen LogP contribution in [0.4, 0.5) is 8.78 Å². The highest BCUT2D eigenvalue weighted by molar-refractivity contribution is 5.24. The monoisotopic (exact) mass is 383 g/mol. The smallest absolute Gasteiger partial charge is 0.165 e. The highest BCUT2D eigenvalue weighted by Crippen LogP contribution is 2.32. The topological polar surface area (TPSA) is 41.1 Å². The summed E-state index contributed by atoms with van der Waals surface area (Å²) in [6, 6.07) is 15.4. The van der Waals surface area contributed by atoms with Crippen molar-refractivity contribution in [2.45, 2.75) is 31.8 Å². The van der Waals surface area contributed by atoms with E-state index in [2.05, 4.69) is 21.2 Å².